The number of carbonyl (C=O) groups excluding carboxylic acids is 1. The molecule has 208 valence electrons. The number of nitrogens with one attached hydrogen (secondary N) is 1. The van der Waals surface area contributed by atoms with Crippen LogP contribution in [0.1, 0.15) is 59.7 Å². The Kier molecular flexibility index (Phi) is 8.47. The summed E-state index contributed by atoms with van der Waals surface area (Å²) in [5.74, 6) is 1.18. The fourth-order valence-electron chi connectivity index (χ4n) is 5.41. The van der Waals surface area contributed by atoms with E-state index in [-0.39, 0.29) is 16.7 Å². The van der Waals surface area contributed by atoms with Crippen molar-refractivity contribution in [2.75, 3.05) is 56.6 Å². The summed E-state index contributed by atoms with van der Waals surface area (Å²) in [4.78, 5) is 29.1. The number of nitrogens with zero attached hydrogens (tertiary/aromatic N) is 4. The molecular weight excluding hydrogens is 478 g/mol. The number of rotatable bonds is 12. The number of aryl methyl sites for hydroxylation is 1. The molecule has 0 bridgehead atoms. The van der Waals surface area contributed by atoms with Gasteiger partial charge < -0.3 is 26.1 Å². The molecule has 9 nitrogen and oxygen atoms in total. The zero-order valence-electron chi connectivity index (χ0n) is 23.8. The second kappa shape index (κ2) is 11.5. The van der Waals surface area contributed by atoms with Crippen LogP contribution in [-0.2, 0) is 16.0 Å². The minimum Gasteiger partial charge on any atom is -0.382 e. The van der Waals surface area contributed by atoms with Gasteiger partial charge in [-0.05, 0) is 30.0 Å². The molecule has 2 aromatic heterocycles. The van der Waals surface area contributed by atoms with Crippen LogP contribution in [0.15, 0.2) is 18.2 Å². The third-order valence-corrected chi connectivity index (χ3v) is 7.28. The van der Waals surface area contributed by atoms with Gasteiger partial charge in [-0.15, -0.1) is 0 Å². The molecule has 3 aromatic rings. The van der Waals surface area contributed by atoms with Crippen LogP contribution in [0.25, 0.3) is 21.9 Å². The number of piperazine rings is 1. The van der Waals surface area contributed by atoms with Crippen LogP contribution < -0.4 is 16.4 Å². The molecule has 0 radical (unpaired) electrons. The topological polar surface area (TPSA) is 126 Å². The Balaban J connectivity index is 1.35. The van der Waals surface area contributed by atoms with E-state index in [0.717, 1.165) is 79.7 Å². The Morgan fingerprint density at radius 2 is 1.79 bits per heavy atom. The number of unbranched alkanes of at least 4 members (excludes halogenated alkanes) is 1. The number of aromatic amines is 1. The molecule has 1 aliphatic heterocycles. The summed E-state index contributed by atoms with van der Waals surface area (Å²) < 4.78 is 6.03. The number of amides is 1. The number of anilines is 2. The number of fused-ring (bicyclic) bond motifs is 3. The van der Waals surface area contributed by atoms with Crippen LogP contribution in [0, 0.1) is 10.8 Å². The van der Waals surface area contributed by atoms with Crippen molar-refractivity contribution < 1.29 is 9.53 Å². The molecule has 1 amide bonds. The predicted molar refractivity (Wildman–Crippen MR) is 155 cm³/mol. The van der Waals surface area contributed by atoms with Crippen molar-refractivity contribution in [3.8, 4) is 0 Å². The van der Waals surface area contributed by atoms with E-state index in [1.54, 1.807) is 0 Å². The molecule has 9 heteroatoms. The Bertz CT molecular complexity index is 1260. The molecule has 0 atom stereocenters. The maximum Gasteiger partial charge on any atom is 0.218 e. The zero-order chi connectivity index (χ0) is 27.5. The first-order valence-corrected chi connectivity index (χ1v) is 13.9. The number of primary amides is 1. The number of hydrogen-bond acceptors (Lipinski definition) is 7. The van der Waals surface area contributed by atoms with Gasteiger partial charge in [0, 0.05) is 62.1 Å². The van der Waals surface area contributed by atoms with Gasteiger partial charge in [-0.3, -0.25) is 9.69 Å². The first-order valence-electron chi connectivity index (χ1n) is 13.9. The average molecular weight is 524 g/mol. The van der Waals surface area contributed by atoms with E-state index in [1.807, 2.05) is 13.8 Å². The van der Waals surface area contributed by atoms with Crippen LogP contribution in [-0.4, -0.2) is 71.7 Å². The molecule has 5 N–H and O–H groups in total. The standard InChI is InChI=1S/C29H45N7O2/c1-6-7-8-24-33-25-21-10-9-20(15-22(21)32-27(31)26(25)34-24)36-13-11-35(12-14-36)17-29(4,5)19-38-18-28(2,3)16-23(30)37/h9-10,15H,6-8,11-14,16-19H2,1-5H3,(H2,30,37)(H2,31,32)(H,33,34). The normalized spacial score (nSPS) is 15.6. The van der Waals surface area contributed by atoms with E-state index in [4.69, 9.17) is 26.2 Å². The first kappa shape index (κ1) is 28.1. The van der Waals surface area contributed by atoms with Crippen molar-refractivity contribution in [1.29, 1.82) is 0 Å². The molecule has 1 aliphatic rings. The van der Waals surface area contributed by atoms with Gasteiger partial charge >= 0.3 is 0 Å². The van der Waals surface area contributed by atoms with Gasteiger partial charge in [0.15, 0.2) is 5.82 Å². The third kappa shape index (κ3) is 6.94. The summed E-state index contributed by atoms with van der Waals surface area (Å²) >= 11 is 0. The number of carbonyl (C=O) groups is 1. The smallest absolute Gasteiger partial charge is 0.218 e. The summed E-state index contributed by atoms with van der Waals surface area (Å²) in [6.45, 7) is 16.7. The van der Waals surface area contributed by atoms with Crippen molar-refractivity contribution in [2.24, 2.45) is 16.6 Å². The van der Waals surface area contributed by atoms with Crippen molar-refractivity contribution in [1.82, 2.24) is 19.9 Å². The zero-order valence-corrected chi connectivity index (χ0v) is 23.8. The number of ether oxygens (including phenoxy) is 1. The lowest BCUT2D eigenvalue weighted by atomic mass is 9.89. The molecule has 3 heterocycles. The number of nitrogen functional groups attached to an aromatic ring is 1. The molecule has 0 aliphatic carbocycles. The molecule has 1 fully saturated rings. The summed E-state index contributed by atoms with van der Waals surface area (Å²) in [6, 6.07) is 6.49. The summed E-state index contributed by atoms with van der Waals surface area (Å²) in [5.41, 5.74) is 15.3. The fraction of sp³-hybridized carbons (Fsp3) is 0.621. The van der Waals surface area contributed by atoms with Gasteiger partial charge in [-0.2, -0.15) is 0 Å². The lowest BCUT2D eigenvalue weighted by Gasteiger charge is -2.40. The van der Waals surface area contributed by atoms with Crippen molar-refractivity contribution in [3.63, 3.8) is 0 Å². The third-order valence-electron chi connectivity index (χ3n) is 7.28. The molecule has 4 rings (SSSR count). The molecule has 0 unspecified atom stereocenters. The predicted octanol–water partition coefficient (Wildman–Crippen LogP) is 4.10. The van der Waals surface area contributed by atoms with Crippen LogP contribution in [0.4, 0.5) is 11.5 Å². The number of hydrogen-bond donors (Lipinski definition) is 3. The molecule has 1 aromatic carbocycles. The van der Waals surface area contributed by atoms with Gasteiger partial charge in [0.1, 0.15) is 11.3 Å². The molecule has 0 spiro atoms. The van der Waals surface area contributed by atoms with Crippen molar-refractivity contribution in [3.05, 3.63) is 24.0 Å². The quantitative estimate of drug-likeness (QED) is 0.326. The maximum absolute atomic E-state index is 11.3. The largest absolute Gasteiger partial charge is 0.382 e. The van der Waals surface area contributed by atoms with Gasteiger partial charge in [0.05, 0.1) is 24.2 Å². The second-order valence-electron chi connectivity index (χ2n) is 12.4. The number of H-pyrrole nitrogens is 1. The Labute approximate surface area is 226 Å². The first-order chi connectivity index (χ1) is 18.0. The van der Waals surface area contributed by atoms with E-state index in [2.05, 4.69) is 53.8 Å². The average Bonchev–Trinajstić information content (AvgIpc) is 3.27. The molecule has 38 heavy (non-hydrogen) atoms. The fourth-order valence-corrected chi connectivity index (χ4v) is 5.41. The van der Waals surface area contributed by atoms with Crippen LogP contribution >= 0.6 is 0 Å². The number of pyridine rings is 1. The summed E-state index contributed by atoms with van der Waals surface area (Å²) in [7, 11) is 0. The molecule has 0 saturated carbocycles. The van der Waals surface area contributed by atoms with Gasteiger partial charge in [0.25, 0.3) is 0 Å². The second-order valence-corrected chi connectivity index (χ2v) is 12.4. The highest BCUT2D eigenvalue weighted by molar-refractivity contribution is 6.06. The van der Waals surface area contributed by atoms with Gasteiger partial charge in [-0.1, -0.05) is 41.0 Å². The summed E-state index contributed by atoms with van der Waals surface area (Å²) in [5, 5.41) is 1.06. The minimum absolute atomic E-state index is 0.0147. The lowest BCUT2D eigenvalue weighted by molar-refractivity contribution is -0.121. The number of aromatic nitrogens is 3. The molecular formula is C29H45N7O2. The molecule has 1 saturated heterocycles. The van der Waals surface area contributed by atoms with E-state index in [0.29, 0.717) is 25.5 Å². The van der Waals surface area contributed by atoms with Crippen molar-refractivity contribution >= 4 is 39.3 Å². The lowest BCUT2D eigenvalue weighted by Crippen LogP contribution is -2.49. The van der Waals surface area contributed by atoms with E-state index in [1.165, 1.54) is 5.69 Å². The number of imidazole rings is 1. The Morgan fingerprint density at radius 1 is 1.08 bits per heavy atom. The van der Waals surface area contributed by atoms with E-state index in [9.17, 15) is 4.79 Å². The van der Waals surface area contributed by atoms with Crippen molar-refractivity contribution in [2.45, 2.75) is 60.3 Å². The monoisotopic (exact) mass is 523 g/mol. The number of nitrogens with two attached hydrogens (primary N) is 2. The SMILES string of the molecule is CCCCc1nc2c(N)nc3cc(N4CCN(CC(C)(C)COCC(C)(C)CC(N)=O)CC4)ccc3c2[nH]1. The van der Waals surface area contributed by atoms with E-state index >= 15 is 0 Å². The van der Waals surface area contributed by atoms with Gasteiger partial charge in [-0.25, -0.2) is 9.97 Å². The highest BCUT2D eigenvalue weighted by Gasteiger charge is 2.27. The summed E-state index contributed by atoms with van der Waals surface area (Å²) in [6.07, 6.45) is 3.48. The Hall–Kier alpha value is -2.91. The maximum atomic E-state index is 11.3. The van der Waals surface area contributed by atoms with Crippen LogP contribution in [0.2, 0.25) is 0 Å². The van der Waals surface area contributed by atoms with Gasteiger partial charge in [0.2, 0.25) is 5.91 Å². The minimum atomic E-state index is -0.285. The highest BCUT2D eigenvalue weighted by Crippen LogP contribution is 2.30. The highest BCUT2D eigenvalue weighted by atomic mass is 16.5. The van der Waals surface area contributed by atoms with Crippen LogP contribution in [0.5, 0.6) is 0 Å². The number of benzene rings is 1. The Morgan fingerprint density at radius 3 is 2.47 bits per heavy atom. The van der Waals surface area contributed by atoms with Crippen LogP contribution in [0.3, 0.4) is 0 Å². The van der Waals surface area contributed by atoms with E-state index < -0.39 is 0 Å².